The van der Waals surface area contributed by atoms with Gasteiger partial charge < -0.3 is 0 Å². The molecule has 17 heavy (non-hydrogen) atoms. The molecule has 0 aromatic heterocycles. The molecule has 2 nitrogen and oxygen atoms in total. The van der Waals surface area contributed by atoms with Crippen molar-refractivity contribution in [3.63, 3.8) is 0 Å². The van der Waals surface area contributed by atoms with Gasteiger partial charge in [-0.25, -0.2) is 5.01 Å². The van der Waals surface area contributed by atoms with Crippen LogP contribution in [-0.4, -0.2) is 17.6 Å². The zero-order valence-corrected chi connectivity index (χ0v) is 10.9. The first-order valence-electron chi connectivity index (χ1n) is 7.82. The predicted octanol–water partition coefficient (Wildman–Crippen LogP) is 2.79. The van der Waals surface area contributed by atoms with E-state index in [9.17, 15) is 0 Å². The molecule has 4 aliphatic carbocycles. The third-order valence-electron chi connectivity index (χ3n) is 6.34. The minimum absolute atomic E-state index is 0.735. The SMILES string of the molecule is NN1CCCCC1C1C2CC3CC(C2)CC1C3. The summed E-state index contributed by atoms with van der Waals surface area (Å²) < 4.78 is 0. The van der Waals surface area contributed by atoms with Crippen LogP contribution in [0.15, 0.2) is 0 Å². The van der Waals surface area contributed by atoms with Crippen molar-refractivity contribution < 1.29 is 0 Å². The van der Waals surface area contributed by atoms with Crippen LogP contribution >= 0.6 is 0 Å². The normalized spacial score (nSPS) is 54.2. The monoisotopic (exact) mass is 234 g/mol. The van der Waals surface area contributed by atoms with Crippen LogP contribution in [0.5, 0.6) is 0 Å². The van der Waals surface area contributed by atoms with Crippen molar-refractivity contribution in [2.75, 3.05) is 6.54 Å². The maximum Gasteiger partial charge on any atom is 0.0274 e. The van der Waals surface area contributed by atoms with E-state index in [-0.39, 0.29) is 0 Å². The molecular formula is C15H26N2. The van der Waals surface area contributed by atoms with Crippen molar-refractivity contribution in [3.8, 4) is 0 Å². The molecule has 4 saturated carbocycles. The summed E-state index contributed by atoms with van der Waals surface area (Å²) >= 11 is 0. The highest BCUT2D eigenvalue weighted by Crippen LogP contribution is 2.58. The molecule has 5 fully saturated rings. The summed E-state index contributed by atoms with van der Waals surface area (Å²) in [4.78, 5) is 0. The van der Waals surface area contributed by atoms with E-state index < -0.39 is 0 Å². The van der Waals surface area contributed by atoms with Gasteiger partial charge in [-0.05, 0) is 74.5 Å². The summed E-state index contributed by atoms with van der Waals surface area (Å²) in [5, 5.41) is 2.22. The lowest BCUT2D eigenvalue weighted by Gasteiger charge is -2.58. The second-order valence-corrected chi connectivity index (χ2v) is 7.31. The molecule has 4 bridgehead atoms. The van der Waals surface area contributed by atoms with Crippen molar-refractivity contribution in [1.82, 2.24) is 5.01 Å². The Kier molecular flexibility index (Phi) is 2.52. The summed E-state index contributed by atoms with van der Waals surface area (Å²) in [7, 11) is 0. The molecule has 1 heterocycles. The quantitative estimate of drug-likeness (QED) is 0.707. The Hall–Kier alpha value is -0.0800. The first kappa shape index (κ1) is 10.8. The minimum Gasteiger partial charge on any atom is -0.269 e. The highest BCUT2D eigenvalue weighted by molar-refractivity contribution is 5.02. The molecule has 1 aliphatic heterocycles. The molecule has 1 atom stereocenters. The van der Waals surface area contributed by atoms with E-state index in [4.69, 9.17) is 5.84 Å². The van der Waals surface area contributed by atoms with Crippen molar-refractivity contribution in [2.24, 2.45) is 35.4 Å². The number of hydrogen-bond acceptors (Lipinski definition) is 2. The van der Waals surface area contributed by atoms with Crippen molar-refractivity contribution in [1.29, 1.82) is 0 Å². The smallest absolute Gasteiger partial charge is 0.0274 e. The van der Waals surface area contributed by atoms with Crippen LogP contribution in [0.1, 0.15) is 51.4 Å². The fourth-order valence-electron chi connectivity index (χ4n) is 5.99. The van der Waals surface area contributed by atoms with Crippen LogP contribution in [0.4, 0.5) is 0 Å². The molecule has 2 heteroatoms. The lowest BCUT2D eigenvalue weighted by Crippen LogP contribution is -2.57. The van der Waals surface area contributed by atoms with Crippen LogP contribution in [0.3, 0.4) is 0 Å². The second-order valence-electron chi connectivity index (χ2n) is 7.31. The number of rotatable bonds is 1. The van der Waals surface area contributed by atoms with Crippen molar-refractivity contribution in [3.05, 3.63) is 0 Å². The fourth-order valence-corrected chi connectivity index (χ4v) is 5.99. The minimum atomic E-state index is 0.735. The van der Waals surface area contributed by atoms with Crippen LogP contribution < -0.4 is 5.84 Å². The summed E-state index contributed by atoms with van der Waals surface area (Å²) in [5.41, 5.74) is 0. The molecule has 2 N–H and O–H groups in total. The third kappa shape index (κ3) is 1.67. The van der Waals surface area contributed by atoms with Crippen LogP contribution in [0, 0.1) is 29.6 Å². The lowest BCUT2D eigenvalue weighted by atomic mass is 9.50. The van der Waals surface area contributed by atoms with Gasteiger partial charge in [-0.3, -0.25) is 5.84 Å². The van der Waals surface area contributed by atoms with Gasteiger partial charge in [0.05, 0.1) is 0 Å². The Morgan fingerprint density at radius 2 is 1.47 bits per heavy atom. The van der Waals surface area contributed by atoms with Gasteiger partial charge in [0.25, 0.3) is 0 Å². The number of piperidine rings is 1. The molecular weight excluding hydrogens is 208 g/mol. The van der Waals surface area contributed by atoms with Crippen LogP contribution in [-0.2, 0) is 0 Å². The average Bonchev–Trinajstić information content (AvgIpc) is 2.30. The molecule has 0 radical (unpaired) electrons. The number of nitrogens with two attached hydrogens (primary N) is 1. The topological polar surface area (TPSA) is 29.3 Å². The van der Waals surface area contributed by atoms with Gasteiger partial charge in [0, 0.05) is 12.6 Å². The molecule has 1 saturated heterocycles. The summed E-state index contributed by atoms with van der Waals surface area (Å²) in [6.07, 6.45) is 11.9. The Balaban J connectivity index is 1.57. The highest BCUT2D eigenvalue weighted by Gasteiger charge is 2.51. The number of nitrogens with zero attached hydrogens (tertiary/aromatic N) is 1. The molecule has 1 unspecified atom stereocenters. The van der Waals surface area contributed by atoms with Gasteiger partial charge in [0.2, 0.25) is 0 Å². The Labute approximate surface area is 105 Å². The van der Waals surface area contributed by atoms with E-state index >= 15 is 0 Å². The fraction of sp³-hybridized carbons (Fsp3) is 1.00. The first-order valence-corrected chi connectivity index (χ1v) is 7.82. The Morgan fingerprint density at radius 3 is 2.06 bits per heavy atom. The second kappa shape index (κ2) is 3.96. The largest absolute Gasteiger partial charge is 0.269 e. The van der Waals surface area contributed by atoms with E-state index in [1.807, 2.05) is 0 Å². The van der Waals surface area contributed by atoms with Crippen molar-refractivity contribution in [2.45, 2.75) is 57.4 Å². The van der Waals surface area contributed by atoms with E-state index in [2.05, 4.69) is 5.01 Å². The van der Waals surface area contributed by atoms with E-state index in [1.165, 1.54) is 19.3 Å². The zero-order valence-electron chi connectivity index (χ0n) is 10.9. The molecule has 0 aromatic carbocycles. The Morgan fingerprint density at radius 1 is 0.824 bits per heavy atom. The van der Waals surface area contributed by atoms with Gasteiger partial charge in [-0.15, -0.1) is 0 Å². The van der Waals surface area contributed by atoms with Gasteiger partial charge in [-0.1, -0.05) is 6.42 Å². The maximum atomic E-state index is 6.29. The summed E-state index contributed by atoms with van der Waals surface area (Å²) in [6.45, 7) is 1.15. The van der Waals surface area contributed by atoms with Crippen LogP contribution in [0.25, 0.3) is 0 Å². The van der Waals surface area contributed by atoms with Gasteiger partial charge in [-0.2, -0.15) is 0 Å². The molecule has 5 rings (SSSR count). The van der Waals surface area contributed by atoms with E-state index in [0.717, 1.165) is 42.2 Å². The average molecular weight is 234 g/mol. The van der Waals surface area contributed by atoms with E-state index in [1.54, 1.807) is 32.1 Å². The lowest BCUT2D eigenvalue weighted by molar-refractivity contribution is -0.0822. The van der Waals surface area contributed by atoms with Gasteiger partial charge in [0.1, 0.15) is 0 Å². The molecule has 0 aromatic rings. The van der Waals surface area contributed by atoms with Gasteiger partial charge >= 0.3 is 0 Å². The van der Waals surface area contributed by atoms with Gasteiger partial charge in [0.15, 0.2) is 0 Å². The summed E-state index contributed by atoms with van der Waals surface area (Å²) in [5.74, 6) is 11.5. The Bertz CT molecular complexity index is 273. The molecule has 0 amide bonds. The number of hydrogen-bond donors (Lipinski definition) is 1. The predicted molar refractivity (Wildman–Crippen MR) is 69.1 cm³/mol. The highest BCUT2D eigenvalue weighted by atomic mass is 15.4. The van der Waals surface area contributed by atoms with Crippen molar-refractivity contribution >= 4 is 0 Å². The van der Waals surface area contributed by atoms with E-state index in [0.29, 0.717) is 0 Å². The third-order valence-corrected chi connectivity index (χ3v) is 6.34. The van der Waals surface area contributed by atoms with Crippen LogP contribution in [0.2, 0.25) is 0 Å². The maximum absolute atomic E-state index is 6.29. The standard InChI is InChI=1S/C15H26N2/c16-17-4-2-1-3-14(17)15-12-6-10-5-11(8-12)9-13(15)7-10/h10-15H,1-9,16H2. The molecule has 96 valence electrons. The summed E-state index contributed by atoms with van der Waals surface area (Å²) in [6, 6.07) is 0.735. The zero-order chi connectivity index (χ0) is 11.4. The molecule has 0 spiro atoms. The number of hydrazine groups is 1. The molecule has 5 aliphatic rings. The first-order chi connectivity index (χ1) is 8.31.